The molecule has 0 spiro atoms. The monoisotopic (exact) mass is 346 g/mol. The lowest BCUT2D eigenvalue weighted by molar-refractivity contribution is -0.125. The third-order valence-corrected chi connectivity index (χ3v) is 3.54. The topological polar surface area (TPSA) is 67.4 Å². The van der Waals surface area contributed by atoms with Gasteiger partial charge in [0.25, 0.3) is 5.91 Å². The Hall–Kier alpha value is -2.53. The molecular formula is C18H19ClN2O3. The van der Waals surface area contributed by atoms with Gasteiger partial charge in [-0.3, -0.25) is 9.59 Å². The Bertz CT molecular complexity index is 730. The van der Waals surface area contributed by atoms with Crippen LogP contribution in [0.25, 0.3) is 0 Å². The fraction of sp³-hybridized carbons (Fsp3) is 0.222. The zero-order valence-electron chi connectivity index (χ0n) is 13.6. The quantitative estimate of drug-likeness (QED) is 0.844. The van der Waals surface area contributed by atoms with Crippen molar-refractivity contribution in [1.29, 1.82) is 0 Å². The van der Waals surface area contributed by atoms with E-state index < -0.39 is 0 Å². The van der Waals surface area contributed by atoms with Crippen LogP contribution in [-0.2, 0) is 9.59 Å². The highest BCUT2D eigenvalue weighted by Gasteiger charge is 2.08. The number of hydrogen-bond acceptors (Lipinski definition) is 3. The molecule has 2 aromatic carbocycles. The maximum Gasteiger partial charge on any atom is 0.258 e. The predicted octanol–water partition coefficient (Wildman–Crippen LogP) is 3.09. The van der Waals surface area contributed by atoms with Crippen LogP contribution in [0.1, 0.15) is 11.1 Å². The van der Waals surface area contributed by atoms with E-state index in [4.69, 9.17) is 16.3 Å². The first-order valence-corrected chi connectivity index (χ1v) is 7.84. The van der Waals surface area contributed by atoms with Crippen molar-refractivity contribution in [2.45, 2.75) is 13.8 Å². The number of rotatable bonds is 6. The number of carbonyl (C=O) groups is 2. The van der Waals surface area contributed by atoms with Crippen LogP contribution in [0.3, 0.4) is 0 Å². The molecule has 2 rings (SSSR count). The van der Waals surface area contributed by atoms with Gasteiger partial charge in [-0.1, -0.05) is 29.3 Å². The van der Waals surface area contributed by atoms with Gasteiger partial charge in [-0.05, 0) is 49.7 Å². The van der Waals surface area contributed by atoms with E-state index in [1.165, 1.54) is 0 Å². The summed E-state index contributed by atoms with van der Waals surface area (Å²) >= 11 is 5.77. The second kappa shape index (κ2) is 8.36. The molecule has 0 heterocycles. The summed E-state index contributed by atoms with van der Waals surface area (Å²) in [6.07, 6.45) is 0. The van der Waals surface area contributed by atoms with Crippen LogP contribution in [0.2, 0.25) is 5.02 Å². The predicted molar refractivity (Wildman–Crippen MR) is 94.5 cm³/mol. The van der Waals surface area contributed by atoms with Crippen molar-refractivity contribution in [3.8, 4) is 5.75 Å². The summed E-state index contributed by atoms with van der Waals surface area (Å²) in [4.78, 5) is 23.6. The number of hydrogen-bond donors (Lipinski definition) is 2. The Balaban J connectivity index is 1.74. The highest BCUT2D eigenvalue weighted by molar-refractivity contribution is 6.30. The highest BCUT2D eigenvalue weighted by Crippen LogP contribution is 2.16. The molecule has 6 heteroatoms. The summed E-state index contributed by atoms with van der Waals surface area (Å²) in [5.74, 6) is -0.128. The van der Waals surface area contributed by atoms with Gasteiger partial charge in [0.1, 0.15) is 5.75 Å². The van der Waals surface area contributed by atoms with Crippen molar-refractivity contribution in [3.05, 3.63) is 58.6 Å². The van der Waals surface area contributed by atoms with Gasteiger partial charge in [0.2, 0.25) is 5.91 Å². The Kier molecular flexibility index (Phi) is 6.21. The molecule has 2 amide bonds. The van der Waals surface area contributed by atoms with Gasteiger partial charge in [0, 0.05) is 10.7 Å². The molecule has 24 heavy (non-hydrogen) atoms. The number of anilines is 1. The molecule has 126 valence electrons. The normalized spacial score (nSPS) is 10.1. The van der Waals surface area contributed by atoms with Crippen molar-refractivity contribution in [2.24, 2.45) is 0 Å². The second-order valence-electron chi connectivity index (χ2n) is 5.39. The van der Waals surface area contributed by atoms with Crippen LogP contribution in [0.15, 0.2) is 42.5 Å². The number of benzene rings is 2. The van der Waals surface area contributed by atoms with Crippen molar-refractivity contribution in [2.75, 3.05) is 18.5 Å². The van der Waals surface area contributed by atoms with E-state index in [0.29, 0.717) is 10.8 Å². The Morgan fingerprint density at radius 1 is 1.04 bits per heavy atom. The molecule has 0 bridgehead atoms. The molecule has 0 saturated carbocycles. The molecule has 0 aliphatic heterocycles. The van der Waals surface area contributed by atoms with Crippen LogP contribution >= 0.6 is 11.6 Å². The summed E-state index contributed by atoms with van der Waals surface area (Å²) in [7, 11) is 0. The fourth-order valence-corrected chi connectivity index (χ4v) is 2.18. The average molecular weight is 347 g/mol. The first-order valence-electron chi connectivity index (χ1n) is 7.46. The zero-order chi connectivity index (χ0) is 17.5. The lowest BCUT2D eigenvalue weighted by Crippen LogP contribution is -2.35. The molecule has 0 saturated heterocycles. The van der Waals surface area contributed by atoms with Crippen molar-refractivity contribution in [1.82, 2.24) is 5.32 Å². The molecule has 2 aromatic rings. The summed E-state index contributed by atoms with van der Waals surface area (Å²) in [5, 5.41) is 5.87. The minimum Gasteiger partial charge on any atom is -0.484 e. The third kappa shape index (κ3) is 5.59. The van der Waals surface area contributed by atoms with Gasteiger partial charge in [-0.15, -0.1) is 0 Å². The largest absolute Gasteiger partial charge is 0.484 e. The van der Waals surface area contributed by atoms with Gasteiger partial charge < -0.3 is 15.4 Å². The Morgan fingerprint density at radius 3 is 2.42 bits per heavy atom. The maximum absolute atomic E-state index is 11.9. The Labute approximate surface area is 146 Å². The zero-order valence-corrected chi connectivity index (χ0v) is 14.3. The van der Waals surface area contributed by atoms with Crippen LogP contribution in [0.5, 0.6) is 5.75 Å². The van der Waals surface area contributed by atoms with Gasteiger partial charge in [0.05, 0.1) is 6.54 Å². The van der Waals surface area contributed by atoms with Crippen molar-refractivity contribution < 1.29 is 14.3 Å². The van der Waals surface area contributed by atoms with E-state index in [9.17, 15) is 9.59 Å². The highest BCUT2D eigenvalue weighted by atomic mass is 35.5. The number of halogens is 1. The van der Waals surface area contributed by atoms with Crippen LogP contribution in [0.4, 0.5) is 5.69 Å². The van der Waals surface area contributed by atoms with Gasteiger partial charge >= 0.3 is 0 Å². The van der Waals surface area contributed by atoms with Crippen LogP contribution in [0, 0.1) is 13.8 Å². The van der Waals surface area contributed by atoms with Gasteiger partial charge in [-0.25, -0.2) is 0 Å². The molecule has 0 aliphatic rings. The van der Waals surface area contributed by atoms with E-state index >= 15 is 0 Å². The molecule has 5 nitrogen and oxygen atoms in total. The SMILES string of the molecule is Cc1ccc(NC(=O)CNC(=O)COc2ccc(Cl)cc2)c(C)c1. The summed E-state index contributed by atoms with van der Waals surface area (Å²) in [5.41, 5.74) is 2.83. The number of ether oxygens (including phenoxy) is 1. The van der Waals surface area contributed by atoms with E-state index in [1.54, 1.807) is 24.3 Å². The smallest absolute Gasteiger partial charge is 0.258 e. The van der Waals surface area contributed by atoms with Crippen molar-refractivity contribution in [3.63, 3.8) is 0 Å². The first kappa shape index (κ1) is 17.8. The number of nitrogens with one attached hydrogen (secondary N) is 2. The molecule has 0 aliphatic carbocycles. The molecule has 0 atom stereocenters. The van der Waals surface area contributed by atoms with Gasteiger partial charge in [0.15, 0.2) is 6.61 Å². The molecule has 0 unspecified atom stereocenters. The summed E-state index contributed by atoms with van der Waals surface area (Å²) in [6.45, 7) is 3.62. The second-order valence-corrected chi connectivity index (χ2v) is 5.82. The summed E-state index contributed by atoms with van der Waals surface area (Å²) < 4.78 is 5.30. The standard InChI is InChI=1S/C18H19ClN2O3/c1-12-3-8-16(13(2)9-12)21-17(22)10-20-18(23)11-24-15-6-4-14(19)5-7-15/h3-9H,10-11H2,1-2H3,(H,20,23)(H,21,22). The third-order valence-electron chi connectivity index (χ3n) is 3.29. The van der Waals surface area contributed by atoms with E-state index in [-0.39, 0.29) is 25.0 Å². The minimum atomic E-state index is -0.374. The van der Waals surface area contributed by atoms with E-state index in [2.05, 4.69) is 10.6 Å². The lowest BCUT2D eigenvalue weighted by Gasteiger charge is -2.10. The van der Waals surface area contributed by atoms with E-state index in [1.807, 2.05) is 32.0 Å². The summed E-state index contributed by atoms with van der Waals surface area (Å²) in [6, 6.07) is 12.4. The molecule has 0 aromatic heterocycles. The first-order chi connectivity index (χ1) is 11.4. The van der Waals surface area contributed by atoms with E-state index in [0.717, 1.165) is 16.8 Å². The number of amides is 2. The van der Waals surface area contributed by atoms with Crippen LogP contribution < -0.4 is 15.4 Å². The molecule has 0 fully saturated rings. The molecular weight excluding hydrogens is 328 g/mol. The number of carbonyl (C=O) groups excluding carboxylic acids is 2. The minimum absolute atomic E-state index is 0.115. The number of aryl methyl sites for hydroxylation is 2. The molecule has 2 N–H and O–H groups in total. The Morgan fingerprint density at radius 2 is 1.75 bits per heavy atom. The van der Waals surface area contributed by atoms with Crippen LogP contribution in [-0.4, -0.2) is 25.0 Å². The lowest BCUT2D eigenvalue weighted by atomic mass is 10.1. The molecule has 0 radical (unpaired) electrons. The fourth-order valence-electron chi connectivity index (χ4n) is 2.06. The van der Waals surface area contributed by atoms with Gasteiger partial charge in [-0.2, -0.15) is 0 Å². The van der Waals surface area contributed by atoms with Crippen molar-refractivity contribution >= 4 is 29.1 Å². The maximum atomic E-state index is 11.9. The average Bonchev–Trinajstić information content (AvgIpc) is 2.55.